The van der Waals surface area contributed by atoms with Gasteiger partial charge in [-0.05, 0) is 38.3 Å². The number of aromatic nitrogens is 1. The second-order valence-electron chi connectivity index (χ2n) is 4.88. The Labute approximate surface area is 119 Å². The minimum Gasteiger partial charge on any atom is -0.490 e. The fourth-order valence-electron chi connectivity index (χ4n) is 2.63. The third-order valence-electron chi connectivity index (χ3n) is 3.58. The van der Waals surface area contributed by atoms with Gasteiger partial charge in [0.25, 0.3) is 0 Å². The van der Waals surface area contributed by atoms with Gasteiger partial charge in [-0.1, -0.05) is 0 Å². The second-order valence-corrected chi connectivity index (χ2v) is 4.88. The van der Waals surface area contributed by atoms with E-state index in [-0.39, 0.29) is 12.0 Å². The van der Waals surface area contributed by atoms with Crippen LogP contribution in [-0.2, 0) is 9.53 Å². The number of anilines is 1. The zero-order valence-corrected chi connectivity index (χ0v) is 12.2. The van der Waals surface area contributed by atoms with Crippen molar-refractivity contribution in [2.45, 2.75) is 38.6 Å². The maximum atomic E-state index is 11.6. The molecular weight excluding hydrogens is 256 g/mol. The number of hydrogen-bond donors (Lipinski definition) is 0. The maximum Gasteiger partial charge on any atom is 0.307 e. The smallest absolute Gasteiger partial charge is 0.307 e. The highest BCUT2D eigenvalue weighted by atomic mass is 16.5. The average Bonchev–Trinajstić information content (AvgIpc) is 2.49. The van der Waals surface area contributed by atoms with Crippen LogP contribution in [0.4, 0.5) is 5.82 Å². The van der Waals surface area contributed by atoms with Crippen molar-refractivity contribution in [3.8, 4) is 5.75 Å². The van der Waals surface area contributed by atoms with Gasteiger partial charge in [-0.2, -0.15) is 0 Å². The topological polar surface area (TPSA) is 51.7 Å². The predicted molar refractivity (Wildman–Crippen MR) is 77.0 cm³/mol. The minimum absolute atomic E-state index is 0.144. The molecule has 2 rings (SSSR count). The lowest BCUT2D eigenvalue weighted by Gasteiger charge is -2.36. The molecule has 110 valence electrons. The number of pyridine rings is 1. The lowest BCUT2D eigenvalue weighted by Crippen LogP contribution is -2.41. The van der Waals surface area contributed by atoms with Crippen LogP contribution < -0.4 is 9.64 Å². The summed E-state index contributed by atoms with van der Waals surface area (Å²) >= 11 is 0. The van der Waals surface area contributed by atoms with Crippen molar-refractivity contribution in [2.75, 3.05) is 25.2 Å². The summed E-state index contributed by atoms with van der Waals surface area (Å²) in [6, 6.07) is 3.94. The van der Waals surface area contributed by atoms with E-state index in [0.717, 1.165) is 37.4 Å². The summed E-state index contributed by atoms with van der Waals surface area (Å²) in [5.74, 6) is 1.45. The number of esters is 1. The monoisotopic (exact) mass is 278 g/mol. The quantitative estimate of drug-likeness (QED) is 0.774. The molecule has 20 heavy (non-hydrogen) atoms. The van der Waals surface area contributed by atoms with Crippen molar-refractivity contribution in [1.82, 2.24) is 4.98 Å². The van der Waals surface area contributed by atoms with Gasteiger partial charge in [-0.15, -0.1) is 0 Å². The molecule has 0 spiro atoms. The molecule has 1 fully saturated rings. The lowest BCUT2D eigenvalue weighted by molar-refractivity contribution is -0.141. The van der Waals surface area contributed by atoms with Crippen LogP contribution in [0.15, 0.2) is 18.3 Å². The van der Waals surface area contributed by atoms with E-state index in [1.54, 1.807) is 6.20 Å². The van der Waals surface area contributed by atoms with Gasteiger partial charge in [0.15, 0.2) is 11.6 Å². The number of nitrogens with zero attached hydrogens (tertiary/aromatic N) is 2. The Kier molecular flexibility index (Phi) is 5.21. The van der Waals surface area contributed by atoms with Crippen molar-refractivity contribution >= 4 is 11.8 Å². The van der Waals surface area contributed by atoms with Crippen LogP contribution in [0.1, 0.15) is 32.6 Å². The fraction of sp³-hybridized carbons (Fsp3) is 0.600. The number of methoxy groups -OCH3 is 1. The number of carbonyl (C=O) groups excluding carboxylic acids is 1. The molecule has 5 heteroatoms. The van der Waals surface area contributed by atoms with E-state index in [9.17, 15) is 4.79 Å². The molecule has 0 bridgehead atoms. The molecule has 0 radical (unpaired) electrons. The number of carbonyl (C=O) groups is 1. The SMILES string of the molecule is CCOc1cccnc1N1CCCCC1CC(=O)OC. The molecule has 1 aliphatic rings. The molecule has 1 aromatic heterocycles. The number of rotatable bonds is 5. The Balaban J connectivity index is 2.21. The summed E-state index contributed by atoms with van der Waals surface area (Å²) in [7, 11) is 1.43. The van der Waals surface area contributed by atoms with Crippen molar-refractivity contribution in [2.24, 2.45) is 0 Å². The van der Waals surface area contributed by atoms with Crippen molar-refractivity contribution < 1.29 is 14.3 Å². The van der Waals surface area contributed by atoms with Crippen molar-refractivity contribution in [1.29, 1.82) is 0 Å². The first kappa shape index (κ1) is 14.6. The van der Waals surface area contributed by atoms with E-state index < -0.39 is 0 Å². The summed E-state index contributed by atoms with van der Waals surface area (Å²) in [6.07, 6.45) is 5.40. The van der Waals surface area contributed by atoms with Gasteiger partial charge in [0, 0.05) is 18.8 Å². The first-order valence-electron chi connectivity index (χ1n) is 7.17. The summed E-state index contributed by atoms with van der Waals surface area (Å²) in [6.45, 7) is 3.46. The highest BCUT2D eigenvalue weighted by Crippen LogP contribution is 2.32. The molecule has 1 unspecified atom stereocenters. The molecule has 1 aliphatic heterocycles. The first-order chi connectivity index (χ1) is 9.76. The van der Waals surface area contributed by atoms with Crippen LogP contribution in [-0.4, -0.2) is 37.3 Å². The number of piperidine rings is 1. The zero-order valence-electron chi connectivity index (χ0n) is 12.2. The molecule has 0 aromatic carbocycles. The second kappa shape index (κ2) is 7.12. The van der Waals surface area contributed by atoms with Gasteiger partial charge in [-0.3, -0.25) is 4.79 Å². The van der Waals surface area contributed by atoms with E-state index in [1.807, 2.05) is 19.1 Å². The van der Waals surface area contributed by atoms with E-state index in [2.05, 4.69) is 9.88 Å². The van der Waals surface area contributed by atoms with Gasteiger partial charge in [0.1, 0.15) is 0 Å². The molecule has 1 saturated heterocycles. The van der Waals surface area contributed by atoms with Crippen LogP contribution in [0.3, 0.4) is 0 Å². The van der Waals surface area contributed by atoms with Gasteiger partial charge in [0.2, 0.25) is 0 Å². The maximum absolute atomic E-state index is 11.6. The Morgan fingerprint density at radius 1 is 1.50 bits per heavy atom. The van der Waals surface area contributed by atoms with Crippen LogP contribution in [0.5, 0.6) is 5.75 Å². The highest BCUT2D eigenvalue weighted by Gasteiger charge is 2.28. The van der Waals surface area contributed by atoms with Crippen molar-refractivity contribution in [3.63, 3.8) is 0 Å². The minimum atomic E-state index is -0.171. The Bertz CT molecular complexity index is 450. The molecule has 0 saturated carbocycles. The Hall–Kier alpha value is -1.78. The Morgan fingerprint density at radius 2 is 2.35 bits per heavy atom. The van der Waals surface area contributed by atoms with E-state index in [1.165, 1.54) is 7.11 Å². The molecule has 1 aromatic rings. The van der Waals surface area contributed by atoms with Crippen LogP contribution in [0.2, 0.25) is 0 Å². The summed E-state index contributed by atoms with van der Waals surface area (Å²) in [5, 5.41) is 0. The highest BCUT2D eigenvalue weighted by molar-refractivity contribution is 5.71. The molecule has 1 atom stereocenters. The fourth-order valence-corrected chi connectivity index (χ4v) is 2.63. The van der Waals surface area contributed by atoms with Gasteiger partial charge in [-0.25, -0.2) is 4.98 Å². The van der Waals surface area contributed by atoms with E-state index in [4.69, 9.17) is 9.47 Å². The zero-order chi connectivity index (χ0) is 14.4. The third kappa shape index (κ3) is 3.40. The molecule has 0 amide bonds. The molecule has 5 nitrogen and oxygen atoms in total. The van der Waals surface area contributed by atoms with Gasteiger partial charge in [0.05, 0.1) is 20.1 Å². The number of ether oxygens (including phenoxy) is 2. The average molecular weight is 278 g/mol. The molecule has 2 heterocycles. The number of hydrogen-bond acceptors (Lipinski definition) is 5. The third-order valence-corrected chi connectivity index (χ3v) is 3.58. The largest absolute Gasteiger partial charge is 0.490 e. The summed E-state index contributed by atoms with van der Waals surface area (Å²) < 4.78 is 10.4. The molecule has 0 aliphatic carbocycles. The molecular formula is C15H22N2O3. The van der Waals surface area contributed by atoms with Crippen LogP contribution in [0, 0.1) is 0 Å². The lowest BCUT2D eigenvalue weighted by atomic mass is 9.99. The van der Waals surface area contributed by atoms with Gasteiger partial charge >= 0.3 is 5.97 Å². The predicted octanol–water partition coefficient (Wildman–Crippen LogP) is 2.40. The van der Waals surface area contributed by atoms with Gasteiger partial charge < -0.3 is 14.4 Å². The van der Waals surface area contributed by atoms with E-state index in [0.29, 0.717) is 13.0 Å². The molecule has 0 N–H and O–H groups in total. The van der Waals surface area contributed by atoms with Crippen LogP contribution >= 0.6 is 0 Å². The first-order valence-corrected chi connectivity index (χ1v) is 7.17. The summed E-state index contributed by atoms with van der Waals surface area (Å²) in [5.41, 5.74) is 0. The van der Waals surface area contributed by atoms with E-state index >= 15 is 0 Å². The van der Waals surface area contributed by atoms with Crippen LogP contribution in [0.25, 0.3) is 0 Å². The summed E-state index contributed by atoms with van der Waals surface area (Å²) in [4.78, 5) is 18.2. The standard InChI is InChI=1S/C15H22N2O3/c1-3-20-13-8-6-9-16-15(13)17-10-5-4-7-12(17)11-14(18)19-2/h6,8-9,12H,3-5,7,10-11H2,1-2H3. The van der Waals surface area contributed by atoms with Crippen molar-refractivity contribution in [3.05, 3.63) is 18.3 Å². The Morgan fingerprint density at radius 3 is 3.10 bits per heavy atom. The normalized spacial score (nSPS) is 18.7.